The molecule has 0 bridgehead atoms. The van der Waals surface area contributed by atoms with Crippen LogP contribution in [0.1, 0.15) is 41.6 Å². The Morgan fingerprint density at radius 3 is 2.05 bits per heavy atom. The second-order valence-corrected chi connectivity index (χ2v) is 11.2. The van der Waals surface area contributed by atoms with Crippen LogP contribution in [0.25, 0.3) is 5.69 Å². The van der Waals surface area contributed by atoms with E-state index in [9.17, 15) is 8.42 Å². The van der Waals surface area contributed by atoms with Gasteiger partial charge in [-0.15, -0.1) is 10.2 Å². The zero-order valence-corrected chi connectivity index (χ0v) is 22.8. The molecule has 0 aliphatic heterocycles. The molecule has 0 aliphatic rings. The van der Waals surface area contributed by atoms with Crippen molar-refractivity contribution in [3.05, 3.63) is 89.5 Å². The van der Waals surface area contributed by atoms with E-state index in [0.717, 1.165) is 11.1 Å². The van der Waals surface area contributed by atoms with Crippen LogP contribution in [0.4, 0.5) is 0 Å². The Morgan fingerprint density at radius 2 is 1.47 bits per heavy atom. The summed E-state index contributed by atoms with van der Waals surface area (Å²) in [5.41, 5.74) is 2.38. The normalized spacial score (nSPS) is 13.2. The third-order valence-corrected chi connectivity index (χ3v) is 8.30. The lowest BCUT2D eigenvalue weighted by Crippen LogP contribution is -2.30. The van der Waals surface area contributed by atoms with Gasteiger partial charge in [0.25, 0.3) is 0 Å². The second-order valence-electron chi connectivity index (χ2n) is 8.83. The van der Waals surface area contributed by atoms with Gasteiger partial charge in [-0.05, 0) is 37.1 Å². The topological polar surface area (TPSA) is 118 Å². The Labute approximate surface area is 222 Å². The van der Waals surface area contributed by atoms with Gasteiger partial charge in [0.05, 0.1) is 19.5 Å². The highest BCUT2D eigenvalue weighted by Crippen LogP contribution is 2.35. The largest absolute Gasteiger partial charge is 0.494 e. The van der Waals surface area contributed by atoms with Crippen LogP contribution in [-0.2, 0) is 26.7 Å². The first-order chi connectivity index (χ1) is 18.3. The van der Waals surface area contributed by atoms with Gasteiger partial charge < -0.3 is 14.2 Å². The fraction of sp³-hybridized carbons (Fsp3) is 0.333. The van der Waals surface area contributed by atoms with Crippen LogP contribution in [0.15, 0.2) is 60.9 Å². The first kappa shape index (κ1) is 27.2. The summed E-state index contributed by atoms with van der Waals surface area (Å²) < 4.78 is 46.0. The quantitative estimate of drug-likeness (QED) is 0.282. The maximum Gasteiger partial charge on any atom is 0.163 e. The number of methoxy groups -OCH3 is 3. The van der Waals surface area contributed by atoms with E-state index in [1.54, 1.807) is 56.3 Å². The summed E-state index contributed by atoms with van der Waals surface area (Å²) in [5, 5.41) is 7.76. The molecule has 0 radical (unpaired) electrons. The highest BCUT2D eigenvalue weighted by Gasteiger charge is 2.35. The molecule has 2 heterocycles. The third-order valence-electron chi connectivity index (χ3n) is 6.26. The Hall–Kier alpha value is -3.83. The molecule has 4 aromatic rings. The van der Waals surface area contributed by atoms with E-state index in [1.807, 2.05) is 37.3 Å². The van der Waals surface area contributed by atoms with Crippen molar-refractivity contribution in [2.75, 3.05) is 21.3 Å². The number of para-hydroxylation sites is 1. The average molecular weight is 538 g/mol. The van der Waals surface area contributed by atoms with Crippen LogP contribution in [-0.4, -0.2) is 59.7 Å². The van der Waals surface area contributed by atoms with Gasteiger partial charge in [-0.2, -0.15) is 0 Å². The summed E-state index contributed by atoms with van der Waals surface area (Å²) in [6.07, 6.45) is 2.83. The number of rotatable bonds is 11. The van der Waals surface area contributed by atoms with Crippen LogP contribution < -0.4 is 9.47 Å². The number of hydrogen-bond acceptors (Lipinski definition) is 9. The predicted octanol–water partition coefficient (Wildman–Crippen LogP) is 3.66. The van der Waals surface area contributed by atoms with Crippen molar-refractivity contribution < 1.29 is 22.6 Å². The molecule has 4 rings (SSSR count). The smallest absolute Gasteiger partial charge is 0.163 e. The molecule has 11 heteroatoms. The molecule has 2 aromatic heterocycles. The van der Waals surface area contributed by atoms with Gasteiger partial charge in [0.2, 0.25) is 0 Å². The number of aromatic nitrogens is 5. The molecule has 10 nitrogen and oxygen atoms in total. The zero-order valence-electron chi connectivity index (χ0n) is 22.0. The zero-order chi connectivity index (χ0) is 27.3. The highest BCUT2D eigenvalue weighted by molar-refractivity contribution is 7.91. The summed E-state index contributed by atoms with van der Waals surface area (Å²) in [4.78, 5) is 8.57. The van der Waals surface area contributed by atoms with Gasteiger partial charge in [0, 0.05) is 25.9 Å². The molecule has 0 spiro atoms. The van der Waals surface area contributed by atoms with Gasteiger partial charge >= 0.3 is 0 Å². The summed E-state index contributed by atoms with van der Waals surface area (Å²) in [7, 11) is 0.711. The van der Waals surface area contributed by atoms with Crippen molar-refractivity contribution in [1.29, 1.82) is 0 Å². The Balaban J connectivity index is 1.79. The van der Waals surface area contributed by atoms with Crippen LogP contribution >= 0.6 is 0 Å². The van der Waals surface area contributed by atoms with E-state index in [2.05, 4.69) is 20.2 Å². The summed E-state index contributed by atoms with van der Waals surface area (Å²) in [6.45, 7) is 3.44. The van der Waals surface area contributed by atoms with Crippen molar-refractivity contribution in [2.24, 2.45) is 0 Å². The lowest BCUT2D eigenvalue weighted by atomic mass is 10.1. The highest BCUT2D eigenvalue weighted by atomic mass is 32.2. The van der Waals surface area contributed by atoms with Gasteiger partial charge in [0.1, 0.15) is 34.9 Å². The van der Waals surface area contributed by atoms with Gasteiger partial charge in [-0.25, -0.2) is 18.4 Å². The molecule has 38 heavy (non-hydrogen) atoms. The van der Waals surface area contributed by atoms with Crippen LogP contribution in [0.5, 0.6) is 11.5 Å². The van der Waals surface area contributed by atoms with Crippen LogP contribution in [0, 0.1) is 6.92 Å². The van der Waals surface area contributed by atoms with Gasteiger partial charge in [-0.3, -0.25) is 4.57 Å². The second kappa shape index (κ2) is 11.7. The lowest BCUT2D eigenvalue weighted by molar-refractivity contribution is 0.0947. The van der Waals surface area contributed by atoms with Crippen LogP contribution in [0.2, 0.25) is 0 Å². The van der Waals surface area contributed by atoms with E-state index >= 15 is 0 Å². The molecule has 0 aliphatic carbocycles. The minimum atomic E-state index is -3.82. The maximum atomic E-state index is 13.7. The summed E-state index contributed by atoms with van der Waals surface area (Å²) >= 11 is 0. The van der Waals surface area contributed by atoms with Crippen LogP contribution in [0.3, 0.4) is 0 Å². The molecule has 0 unspecified atom stereocenters. The first-order valence-electron chi connectivity index (χ1n) is 12.0. The number of sulfone groups is 1. The standard InChI is InChI=1S/C27H31N5O5S/c1-18-15-28-27(29-16-18)26(37-5)19(2)38(33,34)17-24-31-30-23(14-20-10-7-6-8-11-20)32(24)25-21(35-3)12-9-13-22(25)36-4/h6-13,15-16,19,26H,14,17H2,1-5H3/t19-,26-/m0/s1. The molecule has 0 N–H and O–H groups in total. The molecule has 2 aromatic carbocycles. The fourth-order valence-electron chi connectivity index (χ4n) is 4.21. The number of ether oxygens (including phenoxy) is 3. The predicted molar refractivity (Wildman–Crippen MR) is 142 cm³/mol. The number of hydrogen-bond donors (Lipinski definition) is 0. The average Bonchev–Trinajstić information content (AvgIpc) is 3.30. The van der Waals surface area contributed by atoms with Crippen molar-refractivity contribution in [3.8, 4) is 17.2 Å². The van der Waals surface area contributed by atoms with Crippen molar-refractivity contribution in [3.63, 3.8) is 0 Å². The maximum absolute atomic E-state index is 13.7. The molecular formula is C27H31N5O5S. The molecule has 0 amide bonds. The van der Waals surface area contributed by atoms with E-state index in [0.29, 0.717) is 35.3 Å². The van der Waals surface area contributed by atoms with Crippen molar-refractivity contribution in [2.45, 2.75) is 37.4 Å². The fourth-order valence-corrected chi connectivity index (χ4v) is 5.63. The monoisotopic (exact) mass is 537 g/mol. The minimum Gasteiger partial charge on any atom is -0.494 e. The molecule has 2 atom stereocenters. The number of benzene rings is 2. The number of nitrogens with zero attached hydrogens (tertiary/aromatic N) is 5. The summed E-state index contributed by atoms with van der Waals surface area (Å²) in [5.74, 6) is 1.66. The summed E-state index contributed by atoms with van der Waals surface area (Å²) in [6, 6.07) is 15.1. The van der Waals surface area contributed by atoms with Gasteiger partial charge in [-0.1, -0.05) is 36.4 Å². The molecule has 0 saturated heterocycles. The van der Waals surface area contributed by atoms with Crippen molar-refractivity contribution >= 4 is 9.84 Å². The van der Waals surface area contributed by atoms with Crippen molar-refractivity contribution in [1.82, 2.24) is 24.7 Å². The molecule has 200 valence electrons. The van der Waals surface area contributed by atoms with Gasteiger partial charge in [0.15, 0.2) is 21.5 Å². The first-order valence-corrected chi connectivity index (χ1v) is 13.7. The van der Waals surface area contributed by atoms with E-state index in [-0.39, 0.29) is 5.82 Å². The minimum absolute atomic E-state index is 0.227. The third kappa shape index (κ3) is 5.68. The van der Waals surface area contributed by atoms with E-state index < -0.39 is 26.9 Å². The SMILES string of the molecule is COc1cccc(OC)c1-n1c(Cc2ccccc2)nnc1CS(=O)(=O)[C@@H](C)[C@H](OC)c1ncc(C)cn1. The molecule has 0 fully saturated rings. The lowest BCUT2D eigenvalue weighted by Gasteiger charge is -2.22. The Kier molecular flexibility index (Phi) is 8.38. The van der Waals surface area contributed by atoms with E-state index in [4.69, 9.17) is 14.2 Å². The Morgan fingerprint density at radius 1 is 0.868 bits per heavy atom. The Bertz CT molecular complexity index is 1450. The van der Waals surface area contributed by atoms with E-state index in [1.165, 1.54) is 7.11 Å². The molecular weight excluding hydrogens is 506 g/mol. The molecule has 0 saturated carbocycles. The number of aryl methyl sites for hydroxylation is 1.